The van der Waals surface area contributed by atoms with Crippen LogP contribution in [-0.4, -0.2) is 19.0 Å². The lowest BCUT2D eigenvalue weighted by Crippen LogP contribution is -2.17. The number of rotatable bonds is 5. The highest BCUT2D eigenvalue weighted by atomic mass is 35.5. The normalized spacial score (nSPS) is 12.4. The second-order valence-electron chi connectivity index (χ2n) is 3.15. The summed E-state index contributed by atoms with van der Waals surface area (Å²) in [6, 6.07) is 9.78. The Hall–Kier alpha value is -0.860. The van der Waals surface area contributed by atoms with Crippen LogP contribution >= 0.6 is 11.6 Å². The Balaban J connectivity index is 2.60. The van der Waals surface area contributed by atoms with E-state index in [4.69, 9.17) is 16.3 Å². The molecule has 0 N–H and O–H groups in total. The standard InChI is InChI=1S/C11H13ClO2/c1-14-8-10(11(12)13)7-9-5-3-2-4-6-9/h2-6,10H,7-8H2,1H3. The highest BCUT2D eigenvalue weighted by Gasteiger charge is 2.16. The second-order valence-corrected chi connectivity index (χ2v) is 3.52. The maximum Gasteiger partial charge on any atom is 0.227 e. The molecule has 0 heterocycles. The first-order chi connectivity index (χ1) is 6.74. The SMILES string of the molecule is COCC(Cc1ccccc1)C(=O)Cl. The molecule has 0 amide bonds. The molecule has 1 rings (SSSR count). The van der Waals surface area contributed by atoms with Crippen molar-refractivity contribution in [3.8, 4) is 0 Å². The third kappa shape index (κ3) is 3.48. The molecule has 0 saturated carbocycles. The molecule has 1 unspecified atom stereocenters. The lowest BCUT2D eigenvalue weighted by Gasteiger charge is -2.10. The van der Waals surface area contributed by atoms with Gasteiger partial charge in [0.2, 0.25) is 5.24 Å². The number of benzene rings is 1. The maximum absolute atomic E-state index is 11.0. The first kappa shape index (κ1) is 11.2. The van der Waals surface area contributed by atoms with Crippen LogP contribution in [0.5, 0.6) is 0 Å². The lowest BCUT2D eigenvalue weighted by molar-refractivity contribution is -0.116. The van der Waals surface area contributed by atoms with Gasteiger partial charge in [-0.15, -0.1) is 0 Å². The molecule has 2 nitrogen and oxygen atoms in total. The van der Waals surface area contributed by atoms with Crippen molar-refractivity contribution in [2.24, 2.45) is 5.92 Å². The first-order valence-corrected chi connectivity index (χ1v) is 4.84. The van der Waals surface area contributed by atoms with Crippen LogP contribution in [0.4, 0.5) is 0 Å². The highest BCUT2D eigenvalue weighted by molar-refractivity contribution is 6.64. The maximum atomic E-state index is 11.0. The molecule has 0 aromatic heterocycles. The fourth-order valence-electron chi connectivity index (χ4n) is 1.30. The van der Waals surface area contributed by atoms with Gasteiger partial charge in [-0.05, 0) is 23.6 Å². The van der Waals surface area contributed by atoms with Crippen molar-refractivity contribution in [1.82, 2.24) is 0 Å². The van der Waals surface area contributed by atoms with Gasteiger partial charge in [0.25, 0.3) is 0 Å². The molecular weight excluding hydrogens is 200 g/mol. The minimum atomic E-state index is -0.337. The van der Waals surface area contributed by atoms with E-state index in [1.165, 1.54) is 0 Å². The van der Waals surface area contributed by atoms with E-state index in [0.29, 0.717) is 13.0 Å². The van der Waals surface area contributed by atoms with Crippen LogP contribution in [0.15, 0.2) is 30.3 Å². The molecule has 0 saturated heterocycles. The van der Waals surface area contributed by atoms with Crippen molar-refractivity contribution in [3.63, 3.8) is 0 Å². The molecular formula is C11H13ClO2. The van der Waals surface area contributed by atoms with Crippen LogP contribution in [0.25, 0.3) is 0 Å². The van der Waals surface area contributed by atoms with Gasteiger partial charge in [-0.25, -0.2) is 0 Å². The predicted octanol–water partition coefficient (Wildman–Crippen LogP) is 2.26. The van der Waals surface area contributed by atoms with Crippen LogP contribution in [-0.2, 0) is 16.0 Å². The summed E-state index contributed by atoms with van der Waals surface area (Å²) in [6.07, 6.45) is 0.636. The molecule has 76 valence electrons. The summed E-state index contributed by atoms with van der Waals surface area (Å²) in [5.74, 6) is -0.246. The highest BCUT2D eigenvalue weighted by Crippen LogP contribution is 2.11. The zero-order valence-corrected chi connectivity index (χ0v) is 8.83. The van der Waals surface area contributed by atoms with E-state index in [2.05, 4.69) is 0 Å². The van der Waals surface area contributed by atoms with Gasteiger partial charge in [0.15, 0.2) is 0 Å². The fraction of sp³-hybridized carbons (Fsp3) is 0.364. The molecule has 0 spiro atoms. The first-order valence-electron chi connectivity index (χ1n) is 4.46. The lowest BCUT2D eigenvalue weighted by atomic mass is 10.0. The van der Waals surface area contributed by atoms with Crippen LogP contribution in [0, 0.1) is 5.92 Å². The number of methoxy groups -OCH3 is 1. The van der Waals surface area contributed by atoms with Gasteiger partial charge < -0.3 is 4.74 Å². The van der Waals surface area contributed by atoms with Crippen LogP contribution < -0.4 is 0 Å². The summed E-state index contributed by atoms with van der Waals surface area (Å²) in [6.45, 7) is 0.372. The van der Waals surface area contributed by atoms with Gasteiger partial charge in [0, 0.05) is 7.11 Å². The summed E-state index contributed by atoms with van der Waals surface area (Å²) in [5, 5.41) is -0.337. The Morgan fingerprint density at radius 1 is 1.43 bits per heavy atom. The fourth-order valence-corrected chi connectivity index (χ4v) is 1.44. The van der Waals surface area contributed by atoms with Crippen molar-refractivity contribution in [2.75, 3.05) is 13.7 Å². The predicted molar refractivity (Wildman–Crippen MR) is 56.4 cm³/mol. The Labute approximate surface area is 88.8 Å². The zero-order chi connectivity index (χ0) is 10.4. The van der Waals surface area contributed by atoms with Crippen LogP contribution in [0.3, 0.4) is 0 Å². The number of carbonyl (C=O) groups is 1. The number of carbonyl (C=O) groups excluding carboxylic acids is 1. The van der Waals surface area contributed by atoms with Crippen molar-refractivity contribution in [3.05, 3.63) is 35.9 Å². The van der Waals surface area contributed by atoms with Gasteiger partial charge in [0.05, 0.1) is 12.5 Å². The van der Waals surface area contributed by atoms with Gasteiger partial charge in [-0.3, -0.25) is 4.79 Å². The molecule has 0 fully saturated rings. The summed E-state index contributed by atoms with van der Waals surface area (Å²) >= 11 is 5.45. The van der Waals surface area contributed by atoms with Crippen molar-refractivity contribution in [1.29, 1.82) is 0 Å². The largest absolute Gasteiger partial charge is 0.384 e. The van der Waals surface area contributed by atoms with Crippen LogP contribution in [0.2, 0.25) is 0 Å². The number of ether oxygens (including phenoxy) is 1. The average molecular weight is 213 g/mol. The molecule has 3 heteroatoms. The summed E-state index contributed by atoms with van der Waals surface area (Å²) < 4.78 is 4.93. The van der Waals surface area contributed by atoms with Crippen molar-refractivity contribution < 1.29 is 9.53 Å². The Kier molecular flexibility index (Phi) is 4.63. The van der Waals surface area contributed by atoms with E-state index in [0.717, 1.165) is 5.56 Å². The molecule has 0 aliphatic carbocycles. The van der Waals surface area contributed by atoms with E-state index in [1.54, 1.807) is 7.11 Å². The topological polar surface area (TPSA) is 26.3 Å². The monoisotopic (exact) mass is 212 g/mol. The number of hydrogen-bond acceptors (Lipinski definition) is 2. The molecule has 0 aliphatic heterocycles. The average Bonchev–Trinajstić information content (AvgIpc) is 2.18. The summed E-state index contributed by atoms with van der Waals surface area (Å²) in [7, 11) is 1.57. The third-order valence-corrected chi connectivity index (χ3v) is 2.32. The smallest absolute Gasteiger partial charge is 0.227 e. The Morgan fingerprint density at radius 3 is 2.57 bits per heavy atom. The summed E-state index contributed by atoms with van der Waals surface area (Å²) in [5.41, 5.74) is 1.10. The van der Waals surface area contributed by atoms with E-state index in [-0.39, 0.29) is 11.2 Å². The van der Waals surface area contributed by atoms with E-state index in [1.807, 2.05) is 30.3 Å². The second kappa shape index (κ2) is 5.78. The van der Waals surface area contributed by atoms with Crippen molar-refractivity contribution in [2.45, 2.75) is 6.42 Å². The Morgan fingerprint density at radius 2 is 2.07 bits per heavy atom. The summed E-state index contributed by atoms with van der Waals surface area (Å²) in [4.78, 5) is 11.0. The molecule has 0 bridgehead atoms. The van der Waals surface area contributed by atoms with Gasteiger partial charge in [-0.1, -0.05) is 30.3 Å². The molecule has 0 aliphatic rings. The minimum absolute atomic E-state index is 0.246. The van der Waals surface area contributed by atoms with E-state index in [9.17, 15) is 4.79 Å². The molecule has 0 radical (unpaired) electrons. The molecule has 1 aromatic carbocycles. The number of hydrogen-bond donors (Lipinski definition) is 0. The van der Waals surface area contributed by atoms with E-state index < -0.39 is 0 Å². The quantitative estimate of drug-likeness (QED) is 0.700. The van der Waals surface area contributed by atoms with Crippen molar-refractivity contribution >= 4 is 16.8 Å². The Bertz CT molecular complexity index is 285. The molecule has 1 aromatic rings. The molecule has 14 heavy (non-hydrogen) atoms. The zero-order valence-electron chi connectivity index (χ0n) is 8.07. The number of halogens is 1. The minimum Gasteiger partial charge on any atom is -0.384 e. The van der Waals surface area contributed by atoms with E-state index >= 15 is 0 Å². The third-order valence-electron chi connectivity index (χ3n) is 2.01. The van der Waals surface area contributed by atoms with Gasteiger partial charge >= 0.3 is 0 Å². The van der Waals surface area contributed by atoms with Gasteiger partial charge in [0.1, 0.15) is 0 Å². The van der Waals surface area contributed by atoms with Crippen LogP contribution in [0.1, 0.15) is 5.56 Å². The molecule has 1 atom stereocenters. The van der Waals surface area contributed by atoms with Gasteiger partial charge in [-0.2, -0.15) is 0 Å².